The molecule has 0 amide bonds. The summed E-state index contributed by atoms with van der Waals surface area (Å²) < 4.78 is 45.4. The maximum atomic E-state index is 13.0. The van der Waals surface area contributed by atoms with E-state index in [2.05, 4.69) is 15.2 Å². The average molecular weight is 373 g/mol. The van der Waals surface area contributed by atoms with Crippen molar-refractivity contribution in [3.05, 3.63) is 30.1 Å². The number of hydrogen-bond donors (Lipinski definition) is 0. The van der Waals surface area contributed by atoms with Crippen molar-refractivity contribution in [3.8, 4) is 0 Å². The lowest BCUT2D eigenvalue weighted by atomic mass is 10.3. The second-order valence-corrected chi connectivity index (χ2v) is 6.56. The molecule has 0 aromatic carbocycles. The van der Waals surface area contributed by atoms with Crippen LogP contribution in [0, 0.1) is 0 Å². The normalized spacial score (nSPS) is 15.6. The predicted octanol–water partition coefficient (Wildman–Crippen LogP) is 2.41. The average Bonchev–Trinajstić information content (AvgIpc) is 2.97. The van der Waals surface area contributed by atoms with Gasteiger partial charge in [0.05, 0.1) is 13.2 Å². The van der Waals surface area contributed by atoms with Crippen molar-refractivity contribution >= 4 is 17.7 Å². The molecule has 10 heteroatoms. The molecule has 3 rings (SSSR count). The molecular weight excluding hydrogens is 355 g/mol. The van der Waals surface area contributed by atoms with Gasteiger partial charge < -0.3 is 9.64 Å². The largest absolute Gasteiger partial charge is 0.406 e. The highest BCUT2D eigenvalue weighted by Crippen LogP contribution is 2.28. The smallest absolute Gasteiger partial charge is 0.378 e. The zero-order valence-corrected chi connectivity index (χ0v) is 14.3. The molecule has 3 heterocycles. The number of nitrogens with zero attached hydrogens (tertiary/aromatic N) is 5. The van der Waals surface area contributed by atoms with Crippen molar-refractivity contribution in [2.75, 3.05) is 37.0 Å². The molecule has 2 aromatic heterocycles. The van der Waals surface area contributed by atoms with Crippen molar-refractivity contribution in [1.82, 2.24) is 19.7 Å². The first kappa shape index (κ1) is 18.0. The number of hydrogen-bond acceptors (Lipinski definition) is 6. The summed E-state index contributed by atoms with van der Waals surface area (Å²) in [4.78, 5) is 5.99. The zero-order valence-electron chi connectivity index (χ0n) is 13.4. The van der Waals surface area contributed by atoms with E-state index in [1.165, 1.54) is 11.8 Å². The first-order valence-corrected chi connectivity index (χ1v) is 8.87. The van der Waals surface area contributed by atoms with Crippen LogP contribution in [0.1, 0.15) is 5.69 Å². The molecule has 1 fully saturated rings. The van der Waals surface area contributed by atoms with Crippen molar-refractivity contribution in [2.45, 2.75) is 24.3 Å². The van der Waals surface area contributed by atoms with Crippen LogP contribution < -0.4 is 4.90 Å². The predicted molar refractivity (Wildman–Crippen MR) is 87.8 cm³/mol. The summed E-state index contributed by atoms with van der Waals surface area (Å²) >= 11 is 1.26. The molecule has 136 valence electrons. The van der Waals surface area contributed by atoms with Crippen LogP contribution in [0.5, 0.6) is 0 Å². The van der Waals surface area contributed by atoms with E-state index in [0.717, 1.165) is 10.3 Å². The number of thioether (sulfide) groups is 1. The highest BCUT2D eigenvalue weighted by atomic mass is 32.2. The molecule has 0 atom stereocenters. The topological polar surface area (TPSA) is 56.1 Å². The third-order valence-electron chi connectivity index (χ3n) is 3.64. The molecule has 2 aromatic rings. The maximum absolute atomic E-state index is 13.0. The molecule has 1 aliphatic rings. The molecular formula is C15H18F3N5OS. The van der Waals surface area contributed by atoms with Gasteiger partial charge in [-0.2, -0.15) is 13.2 Å². The Morgan fingerprint density at radius 2 is 1.96 bits per heavy atom. The van der Waals surface area contributed by atoms with Crippen molar-refractivity contribution in [2.24, 2.45) is 0 Å². The van der Waals surface area contributed by atoms with E-state index < -0.39 is 12.7 Å². The standard InChI is InChI=1S/C15H18F3N5OS/c16-15(17,18)11-23-13(22-6-8-24-9-7-22)20-21-14(23)25-10-4-12-3-1-2-5-19-12/h1-3,5H,4,6-11H2. The van der Waals surface area contributed by atoms with Gasteiger partial charge in [-0.1, -0.05) is 17.8 Å². The summed E-state index contributed by atoms with van der Waals surface area (Å²) in [5.41, 5.74) is 0.894. The van der Waals surface area contributed by atoms with Crippen molar-refractivity contribution in [3.63, 3.8) is 0 Å². The Kier molecular flexibility index (Phi) is 5.79. The SMILES string of the molecule is FC(F)(F)Cn1c(SCCc2ccccn2)nnc1N1CCOCC1. The Bertz CT molecular complexity index is 674. The molecule has 0 N–H and O–H groups in total. The van der Waals surface area contributed by atoms with E-state index >= 15 is 0 Å². The molecule has 1 aliphatic heterocycles. The number of pyridine rings is 1. The van der Waals surface area contributed by atoms with Crippen LogP contribution in [0.3, 0.4) is 0 Å². The number of ether oxygens (including phenoxy) is 1. The molecule has 0 aliphatic carbocycles. The van der Waals surface area contributed by atoms with E-state index in [-0.39, 0.29) is 11.1 Å². The fraction of sp³-hybridized carbons (Fsp3) is 0.533. The zero-order chi connectivity index (χ0) is 17.7. The van der Waals surface area contributed by atoms with Gasteiger partial charge in [0, 0.05) is 30.7 Å². The van der Waals surface area contributed by atoms with Crippen LogP contribution in [0.25, 0.3) is 0 Å². The van der Waals surface area contributed by atoms with Crippen LogP contribution in [-0.4, -0.2) is 58.0 Å². The van der Waals surface area contributed by atoms with E-state index in [1.54, 1.807) is 11.1 Å². The third kappa shape index (κ3) is 5.08. The van der Waals surface area contributed by atoms with Crippen molar-refractivity contribution in [1.29, 1.82) is 0 Å². The molecule has 0 saturated carbocycles. The van der Waals surface area contributed by atoms with Crippen LogP contribution in [0.4, 0.5) is 19.1 Å². The molecule has 25 heavy (non-hydrogen) atoms. The number of rotatable bonds is 6. The lowest BCUT2D eigenvalue weighted by Crippen LogP contribution is -2.38. The fourth-order valence-electron chi connectivity index (χ4n) is 2.50. The van der Waals surface area contributed by atoms with Gasteiger partial charge in [0.1, 0.15) is 6.54 Å². The van der Waals surface area contributed by atoms with E-state index in [9.17, 15) is 13.2 Å². The van der Waals surface area contributed by atoms with Gasteiger partial charge in [-0.3, -0.25) is 9.55 Å². The van der Waals surface area contributed by atoms with Crippen molar-refractivity contribution < 1.29 is 17.9 Å². The lowest BCUT2D eigenvalue weighted by molar-refractivity contribution is -0.141. The number of alkyl halides is 3. The molecule has 0 bridgehead atoms. The summed E-state index contributed by atoms with van der Waals surface area (Å²) in [6, 6.07) is 5.60. The van der Waals surface area contributed by atoms with Crippen LogP contribution in [0.15, 0.2) is 29.6 Å². The summed E-state index contributed by atoms with van der Waals surface area (Å²) in [6.07, 6.45) is -1.99. The second kappa shape index (κ2) is 8.05. The highest BCUT2D eigenvalue weighted by molar-refractivity contribution is 7.99. The quantitative estimate of drug-likeness (QED) is 0.725. The van der Waals surface area contributed by atoms with E-state index in [0.29, 0.717) is 38.5 Å². The number of aryl methyl sites for hydroxylation is 1. The Morgan fingerprint density at radius 3 is 2.64 bits per heavy atom. The number of morpholine rings is 1. The number of halogens is 3. The molecule has 0 spiro atoms. The fourth-order valence-corrected chi connectivity index (χ4v) is 3.39. The van der Waals surface area contributed by atoms with Gasteiger partial charge in [-0.15, -0.1) is 10.2 Å². The van der Waals surface area contributed by atoms with Gasteiger partial charge in [0.25, 0.3) is 0 Å². The summed E-state index contributed by atoms with van der Waals surface area (Å²) in [7, 11) is 0. The minimum absolute atomic E-state index is 0.251. The van der Waals surface area contributed by atoms with Gasteiger partial charge in [0.15, 0.2) is 5.16 Å². The third-order valence-corrected chi connectivity index (χ3v) is 4.61. The van der Waals surface area contributed by atoms with Crippen LogP contribution in [0.2, 0.25) is 0 Å². The lowest BCUT2D eigenvalue weighted by Gasteiger charge is -2.28. The molecule has 6 nitrogen and oxygen atoms in total. The first-order valence-electron chi connectivity index (χ1n) is 7.88. The Labute approximate surface area is 147 Å². The minimum atomic E-state index is -4.33. The van der Waals surface area contributed by atoms with Gasteiger partial charge in [-0.05, 0) is 18.6 Å². The van der Waals surface area contributed by atoms with Gasteiger partial charge in [-0.25, -0.2) is 0 Å². The molecule has 0 unspecified atom stereocenters. The second-order valence-electron chi connectivity index (χ2n) is 5.50. The van der Waals surface area contributed by atoms with E-state index in [1.807, 2.05) is 18.2 Å². The van der Waals surface area contributed by atoms with Gasteiger partial charge >= 0.3 is 6.18 Å². The Balaban J connectivity index is 1.72. The number of anilines is 1. The summed E-state index contributed by atoms with van der Waals surface area (Å²) in [5, 5.41) is 8.25. The molecule has 1 saturated heterocycles. The monoisotopic (exact) mass is 373 g/mol. The van der Waals surface area contributed by atoms with Gasteiger partial charge in [0.2, 0.25) is 5.95 Å². The van der Waals surface area contributed by atoms with Crippen LogP contribution in [-0.2, 0) is 17.7 Å². The Hall–Kier alpha value is -1.81. The molecule has 0 radical (unpaired) electrons. The minimum Gasteiger partial charge on any atom is -0.378 e. The maximum Gasteiger partial charge on any atom is 0.406 e. The first-order chi connectivity index (χ1) is 12.0. The van der Waals surface area contributed by atoms with Crippen LogP contribution >= 0.6 is 11.8 Å². The Morgan fingerprint density at radius 1 is 1.16 bits per heavy atom. The van der Waals surface area contributed by atoms with E-state index in [4.69, 9.17) is 4.74 Å². The summed E-state index contributed by atoms with van der Waals surface area (Å²) in [5.74, 6) is 0.830. The number of aromatic nitrogens is 4. The summed E-state index contributed by atoms with van der Waals surface area (Å²) in [6.45, 7) is 0.865. The highest BCUT2D eigenvalue weighted by Gasteiger charge is 2.32.